The third-order valence-corrected chi connectivity index (χ3v) is 8.66. The standard InChI is InChI=1S/C38H41BN4O4/c1-37(2,3)47-36(44)31(41-35(26-14-8-6-9-15-26)27-16-10-7-11-17-27)24-28-22-23-30(25-32(28)43(45)46)39(5)42-34-21-13-19-29-18-12-20-33(40)38(29,34)4/h6-23,25,31,34,42H,24,40H2,1-5H3/t31-,34?,38?/m0/s1. The number of nitrogens with one attached hydrogen (secondary N) is 1. The zero-order valence-electron chi connectivity index (χ0n) is 27.5. The van der Waals surface area contributed by atoms with E-state index in [1.807, 2.05) is 91.8 Å². The number of nitrogens with two attached hydrogens (primary N) is 1. The molecule has 3 aromatic carbocycles. The second kappa shape index (κ2) is 13.8. The second-order valence-electron chi connectivity index (χ2n) is 13.2. The maximum Gasteiger partial charge on any atom is 0.331 e. The van der Waals surface area contributed by atoms with Gasteiger partial charge in [-0.25, -0.2) is 4.79 Å². The summed E-state index contributed by atoms with van der Waals surface area (Å²) in [5.41, 5.74) is 10.4. The largest absolute Gasteiger partial charge is 0.458 e. The maximum atomic E-state index is 13.7. The average molecular weight is 629 g/mol. The number of esters is 1. The Bertz CT molecular complexity index is 1750. The summed E-state index contributed by atoms with van der Waals surface area (Å²) < 4.78 is 5.80. The number of hydrogen-bond acceptors (Lipinski definition) is 7. The molecular weight excluding hydrogens is 587 g/mol. The lowest BCUT2D eigenvalue weighted by atomic mass is 9.55. The van der Waals surface area contributed by atoms with Crippen LogP contribution in [0.5, 0.6) is 0 Å². The van der Waals surface area contributed by atoms with E-state index in [-0.39, 0.29) is 25.0 Å². The summed E-state index contributed by atoms with van der Waals surface area (Å²) >= 11 is 0. The third kappa shape index (κ3) is 7.52. The lowest BCUT2D eigenvalue weighted by Crippen LogP contribution is -2.55. The van der Waals surface area contributed by atoms with Gasteiger partial charge in [-0.1, -0.05) is 115 Å². The van der Waals surface area contributed by atoms with Gasteiger partial charge in [0.1, 0.15) is 5.60 Å². The number of allylic oxidation sites excluding steroid dienone is 5. The van der Waals surface area contributed by atoms with Crippen LogP contribution < -0.4 is 16.4 Å². The van der Waals surface area contributed by atoms with E-state index in [0.29, 0.717) is 11.3 Å². The quantitative estimate of drug-likeness (QED) is 0.0923. The van der Waals surface area contributed by atoms with Crippen molar-refractivity contribution in [3.63, 3.8) is 0 Å². The van der Waals surface area contributed by atoms with E-state index in [1.165, 1.54) is 0 Å². The van der Waals surface area contributed by atoms with Gasteiger partial charge in [-0.3, -0.25) is 15.1 Å². The van der Waals surface area contributed by atoms with Gasteiger partial charge in [0.15, 0.2) is 6.04 Å². The number of nitro groups is 1. The molecule has 9 heteroatoms. The number of benzene rings is 3. The van der Waals surface area contributed by atoms with Crippen LogP contribution in [-0.2, 0) is 16.0 Å². The summed E-state index contributed by atoms with van der Waals surface area (Å²) in [7, 11) is 0. The van der Waals surface area contributed by atoms with E-state index in [1.54, 1.807) is 32.9 Å². The molecule has 240 valence electrons. The fourth-order valence-corrected chi connectivity index (χ4v) is 6.02. The predicted octanol–water partition coefficient (Wildman–Crippen LogP) is 6.09. The number of rotatable bonds is 10. The van der Waals surface area contributed by atoms with E-state index in [4.69, 9.17) is 15.5 Å². The average Bonchev–Trinajstić information content (AvgIpc) is 3.04. The van der Waals surface area contributed by atoms with Gasteiger partial charge in [-0.15, -0.1) is 0 Å². The van der Waals surface area contributed by atoms with Gasteiger partial charge < -0.3 is 15.7 Å². The molecule has 0 saturated carbocycles. The van der Waals surface area contributed by atoms with Crippen LogP contribution in [0.2, 0.25) is 6.82 Å². The number of nitrogens with zero attached hydrogens (tertiary/aromatic N) is 2. The molecule has 3 atom stereocenters. The molecule has 5 rings (SSSR count). The molecule has 0 heterocycles. The van der Waals surface area contributed by atoms with Crippen molar-refractivity contribution < 1.29 is 14.5 Å². The van der Waals surface area contributed by atoms with E-state index in [9.17, 15) is 14.9 Å². The Kier molecular flexibility index (Phi) is 9.77. The zero-order valence-corrected chi connectivity index (χ0v) is 27.5. The Labute approximate surface area is 277 Å². The van der Waals surface area contributed by atoms with Gasteiger partial charge in [0.25, 0.3) is 12.5 Å². The SMILES string of the molecule is CB(NC1C=CC=C2C=CC=C(N)C21C)c1ccc(C[C@H](N=C(c2ccccc2)c2ccccc2)C(=O)OC(C)(C)C)c([N+](=O)[O-])c1. The molecule has 0 saturated heterocycles. The van der Waals surface area contributed by atoms with Crippen LogP contribution >= 0.6 is 0 Å². The van der Waals surface area contributed by atoms with Crippen molar-refractivity contribution in [3.05, 3.63) is 153 Å². The monoisotopic (exact) mass is 628 g/mol. The molecule has 0 amide bonds. The predicted molar refractivity (Wildman–Crippen MR) is 190 cm³/mol. The Morgan fingerprint density at radius 3 is 2.28 bits per heavy atom. The van der Waals surface area contributed by atoms with Crippen LogP contribution in [-0.4, -0.2) is 41.1 Å². The van der Waals surface area contributed by atoms with Crippen molar-refractivity contribution in [2.45, 2.75) is 58.6 Å². The van der Waals surface area contributed by atoms with Crippen molar-refractivity contribution in [2.24, 2.45) is 16.1 Å². The lowest BCUT2D eigenvalue weighted by molar-refractivity contribution is -0.385. The summed E-state index contributed by atoms with van der Waals surface area (Å²) in [6, 6.07) is 23.2. The molecule has 47 heavy (non-hydrogen) atoms. The third-order valence-electron chi connectivity index (χ3n) is 8.66. The normalized spacial score (nSPS) is 19.1. The fraction of sp³-hybridized carbons (Fsp3) is 0.263. The van der Waals surface area contributed by atoms with Crippen molar-refractivity contribution in [2.75, 3.05) is 0 Å². The molecule has 2 aliphatic rings. The van der Waals surface area contributed by atoms with Gasteiger partial charge in [-0.2, -0.15) is 0 Å². The first-order valence-corrected chi connectivity index (χ1v) is 15.8. The summed E-state index contributed by atoms with van der Waals surface area (Å²) in [4.78, 5) is 30.7. The van der Waals surface area contributed by atoms with Crippen LogP contribution in [0.25, 0.3) is 0 Å². The lowest BCUT2D eigenvalue weighted by Gasteiger charge is -2.42. The van der Waals surface area contributed by atoms with Gasteiger partial charge in [0.2, 0.25) is 0 Å². The molecule has 0 aliphatic heterocycles. The van der Waals surface area contributed by atoms with Gasteiger partial charge in [0, 0.05) is 46.3 Å². The molecule has 3 aromatic rings. The molecular formula is C38H41BN4O4. The Hall–Kier alpha value is -5.02. The molecule has 0 spiro atoms. The Morgan fingerprint density at radius 1 is 1.04 bits per heavy atom. The summed E-state index contributed by atoms with van der Waals surface area (Å²) in [5, 5.41) is 16.1. The first kappa shape index (κ1) is 33.4. The van der Waals surface area contributed by atoms with Crippen molar-refractivity contribution >= 4 is 29.7 Å². The minimum absolute atomic E-state index is 0.0122. The van der Waals surface area contributed by atoms with Crippen molar-refractivity contribution in [1.29, 1.82) is 0 Å². The van der Waals surface area contributed by atoms with E-state index >= 15 is 0 Å². The Balaban J connectivity index is 1.49. The number of hydrogen-bond donors (Lipinski definition) is 2. The highest BCUT2D eigenvalue weighted by atomic mass is 16.6. The Morgan fingerprint density at radius 2 is 1.68 bits per heavy atom. The number of carbonyl (C=O) groups excluding carboxylic acids is 1. The topological polar surface area (TPSA) is 120 Å². The van der Waals surface area contributed by atoms with E-state index in [0.717, 1.165) is 27.9 Å². The van der Waals surface area contributed by atoms with E-state index < -0.39 is 28.0 Å². The number of carbonyl (C=O) groups is 1. The molecule has 0 bridgehead atoms. The molecule has 0 fully saturated rings. The smallest absolute Gasteiger partial charge is 0.331 e. The number of nitro benzene ring substituents is 1. The van der Waals surface area contributed by atoms with Gasteiger partial charge >= 0.3 is 5.97 Å². The molecule has 0 aromatic heterocycles. The maximum absolute atomic E-state index is 13.7. The van der Waals surface area contributed by atoms with Crippen molar-refractivity contribution in [3.8, 4) is 0 Å². The first-order valence-electron chi connectivity index (χ1n) is 15.8. The molecule has 2 unspecified atom stereocenters. The first-order chi connectivity index (χ1) is 22.4. The van der Waals surface area contributed by atoms with Crippen molar-refractivity contribution in [1.82, 2.24) is 5.23 Å². The minimum Gasteiger partial charge on any atom is -0.458 e. The van der Waals surface area contributed by atoms with Gasteiger partial charge in [-0.05, 0) is 39.3 Å². The fourth-order valence-electron chi connectivity index (χ4n) is 6.02. The highest BCUT2D eigenvalue weighted by molar-refractivity contribution is 6.69. The highest BCUT2D eigenvalue weighted by Gasteiger charge is 2.41. The molecule has 8 nitrogen and oxygen atoms in total. The summed E-state index contributed by atoms with van der Waals surface area (Å²) in [6.07, 6.45) is 12.0. The van der Waals surface area contributed by atoms with Crippen LogP contribution in [0, 0.1) is 15.5 Å². The molecule has 0 radical (unpaired) electrons. The zero-order chi connectivity index (χ0) is 33.8. The number of ether oxygens (including phenoxy) is 1. The number of aliphatic imine (C=N–C) groups is 1. The summed E-state index contributed by atoms with van der Waals surface area (Å²) in [5.74, 6) is -0.552. The molecule has 3 N–H and O–H groups in total. The van der Waals surface area contributed by atoms with Crippen LogP contribution in [0.3, 0.4) is 0 Å². The van der Waals surface area contributed by atoms with Crippen LogP contribution in [0.15, 0.2) is 132 Å². The minimum atomic E-state index is -1.03. The van der Waals surface area contributed by atoms with E-state index in [2.05, 4.69) is 30.4 Å². The van der Waals surface area contributed by atoms with Gasteiger partial charge in [0.05, 0.1) is 10.6 Å². The summed E-state index contributed by atoms with van der Waals surface area (Å²) in [6.45, 7) is 9.21. The second-order valence-corrected chi connectivity index (χ2v) is 13.2. The highest BCUT2D eigenvalue weighted by Crippen LogP contribution is 2.42. The van der Waals surface area contributed by atoms with Crippen LogP contribution in [0.4, 0.5) is 5.69 Å². The molecule has 2 aliphatic carbocycles. The van der Waals surface area contributed by atoms with Crippen LogP contribution in [0.1, 0.15) is 44.4 Å². The number of fused-ring (bicyclic) bond motifs is 1.